The van der Waals surface area contributed by atoms with Crippen molar-refractivity contribution in [3.05, 3.63) is 75.2 Å². The number of hydrogen-bond donors (Lipinski definition) is 2. The van der Waals surface area contributed by atoms with Gasteiger partial charge in [0.05, 0.1) is 11.9 Å². The van der Waals surface area contributed by atoms with Gasteiger partial charge in [-0.2, -0.15) is 0 Å². The van der Waals surface area contributed by atoms with Crippen molar-refractivity contribution >= 4 is 34.4 Å². The molecule has 0 bridgehead atoms. The van der Waals surface area contributed by atoms with E-state index in [1.807, 2.05) is 6.07 Å². The molecule has 1 aliphatic carbocycles. The Morgan fingerprint density at radius 2 is 1.91 bits per heavy atom. The Balaban J connectivity index is 1.70. The maximum atomic E-state index is 13.3. The summed E-state index contributed by atoms with van der Waals surface area (Å²) in [6.07, 6.45) is 10.8. The summed E-state index contributed by atoms with van der Waals surface area (Å²) in [4.78, 5) is 43.6. The Kier molecular flexibility index (Phi) is 6.76. The van der Waals surface area contributed by atoms with Gasteiger partial charge in [-0.25, -0.2) is 4.98 Å². The van der Waals surface area contributed by atoms with Crippen molar-refractivity contribution in [2.45, 2.75) is 44.3 Å². The maximum Gasteiger partial charge on any atom is 0.257 e. The minimum Gasteiger partial charge on any atom is -0.351 e. The van der Waals surface area contributed by atoms with Crippen LogP contribution in [-0.4, -0.2) is 27.4 Å². The van der Waals surface area contributed by atoms with E-state index in [0.29, 0.717) is 11.2 Å². The zero-order valence-corrected chi connectivity index (χ0v) is 18.6. The normalized spacial score (nSPS) is 14.5. The second-order valence-electron chi connectivity index (χ2n) is 8.02. The fraction of sp³-hybridized carbons (Fsp3) is 0.280. The number of benzene rings is 1. The summed E-state index contributed by atoms with van der Waals surface area (Å²) >= 11 is 5.98. The average molecular weight is 463 g/mol. The van der Waals surface area contributed by atoms with E-state index in [4.69, 9.17) is 18.0 Å². The zero-order chi connectivity index (χ0) is 23.4. The number of nitrogens with zero attached hydrogens (tertiary/aromatic N) is 2. The summed E-state index contributed by atoms with van der Waals surface area (Å²) in [6, 6.07) is 11.1. The molecular weight excluding hydrogens is 440 g/mol. The third kappa shape index (κ3) is 4.91. The van der Waals surface area contributed by atoms with E-state index in [-0.39, 0.29) is 34.6 Å². The van der Waals surface area contributed by atoms with Gasteiger partial charge in [0.15, 0.2) is 0 Å². The minimum atomic E-state index is -0.946. The van der Waals surface area contributed by atoms with Gasteiger partial charge in [-0.15, -0.1) is 6.42 Å². The van der Waals surface area contributed by atoms with Crippen LogP contribution in [0.3, 0.4) is 0 Å². The fourth-order valence-corrected chi connectivity index (χ4v) is 4.28. The molecule has 8 heteroatoms. The molecule has 3 aromatic rings. The zero-order valence-electron chi connectivity index (χ0n) is 17.9. The van der Waals surface area contributed by atoms with Gasteiger partial charge in [-0.3, -0.25) is 14.4 Å². The van der Waals surface area contributed by atoms with Crippen LogP contribution in [0.15, 0.2) is 53.5 Å². The Hall–Kier alpha value is -3.63. The highest BCUT2D eigenvalue weighted by atomic mass is 35.5. The molecular formula is C25H23ClN4O3. The van der Waals surface area contributed by atoms with E-state index in [9.17, 15) is 14.4 Å². The smallest absolute Gasteiger partial charge is 0.257 e. The molecule has 2 heterocycles. The summed E-state index contributed by atoms with van der Waals surface area (Å²) in [6.45, 7) is 0.0919. The number of carbonyl (C=O) groups is 2. The molecule has 2 aromatic heterocycles. The maximum absolute atomic E-state index is 13.3. The molecule has 0 radical (unpaired) electrons. The monoisotopic (exact) mass is 462 g/mol. The lowest BCUT2D eigenvalue weighted by Crippen LogP contribution is -2.44. The van der Waals surface area contributed by atoms with Crippen LogP contribution < -0.4 is 16.1 Å². The van der Waals surface area contributed by atoms with Crippen LogP contribution >= 0.6 is 11.6 Å². The predicted octanol–water partition coefficient (Wildman–Crippen LogP) is 3.21. The summed E-state index contributed by atoms with van der Waals surface area (Å²) in [5, 5.41) is 6.20. The number of rotatable bonds is 6. The van der Waals surface area contributed by atoms with Crippen LogP contribution in [-0.2, 0) is 11.3 Å². The van der Waals surface area contributed by atoms with Crippen LogP contribution in [0, 0.1) is 12.3 Å². The van der Waals surface area contributed by atoms with Gasteiger partial charge >= 0.3 is 0 Å². The first-order valence-corrected chi connectivity index (χ1v) is 11.1. The molecule has 1 atom stereocenters. The molecule has 0 saturated heterocycles. The Labute approximate surface area is 196 Å². The van der Waals surface area contributed by atoms with Gasteiger partial charge in [0.2, 0.25) is 11.3 Å². The number of halogens is 1. The standard InChI is InChI=1S/C25H23ClN4O3/c1-2-14-30-15-19(22(31)18-12-13-20(26)28-23(18)30)24(32)29-21(16-8-4-3-5-9-16)25(33)27-17-10-6-7-11-17/h1,3-5,8-9,12-13,15,17,21H,6-7,10-11,14H2,(H,27,33)(H,29,32). The van der Waals surface area contributed by atoms with Crippen molar-refractivity contribution in [1.29, 1.82) is 0 Å². The quantitative estimate of drug-likeness (QED) is 0.434. The molecule has 1 fully saturated rings. The topological polar surface area (TPSA) is 93.1 Å². The highest BCUT2D eigenvalue weighted by molar-refractivity contribution is 6.29. The average Bonchev–Trinajstić information content (AvgIpc) is 3.32. The predicted molar refractivity (Wildman–Crippen MR) is 127 cm³/mol. The third-order valence-electron chi connectivity index (χ3n) is 5.77. The molecule has 2 amide bonds. The Morgan fingerprint density at radius 3 is 2.61 bits per heavy atom. The summed E-state index contributed by atoms with van der Waals surface area (Å²) in [5.74, 6) is 1.51. The van der Waals surface area contributed by atoms with Crippen LogP contribution in [0.25, 0.3) is 11.0 Å². The summed E-state index contributed by atoms with van der Waals surface area (Å²) in [5.41, 5.74) is 0.277. The van der Waals surface area contributed by atoms with Crippen LogP contribution in [0.2, 0.25) is 5.15 Å². The van der Waals surface area contributed by atoms with E-state index in [1.54, 1.807) is 24.3 Å². The third-order valence-corrected chi connectivity index (χ3v) is 5.98. The van der Waals surface area contributed by atoms with Crippen molar-refractivity contribution in [1.82, 2.24) is 20.2 Å². The van der Waals surface area contributed by atoms with E-state index >= 15 is 0 Å². The van der Waals surface area contributed by atoms with Crippen molar-refractivity contribution in [3.63, 3.8) is 0 Å². The van der Waals surface area contributed by atoms with Gasteiger partial charge < -0.3 is 15.2 Å². The molecule has 1 aromatic carbocycles. The highest BCUT2D eigenvalue weighted by Gasteiger charge is 2.28. The minimum absolute atomic E-state index is 0.0879. The Bertz CT molecular complexity index is 1290. The lowest BCUT2D eigenvalue weighted by molar-refractivity contribution is -0.123. The molecule has 1 unspecified atom stereocenters. The first-order chi connectivity index (χ1) is 16.0. The van der Waals surface area contributed by atoms with Crippen molar-refractivity contribution in [3.8, 4) is 12.3 Å². The number of nitrogens with one attached hydrogen (secondary N) is 2. The van der Waals surface area contributed by atoms with Gasteiger partial charge in [-0.05, 0) is 30.5 Å². The van der Waals surface area contributed by atoms with Crippen molar-refractivity contribution in [2.24, 2.45) is 0 Å². The second-order valence-corrected chi connectivity index (χ2v) is 8.40. The number of fused-ring (bicyclic) bond motifs is 1. The van der Waals surface area contributed by atoms with E-state index in [1.165, 1.54) is 22.9 Å². The fourth-order valence-electron chi connectivity index (χ4n) is 4.13. The molecule has 0 aliphatic heterocycles. The Morgan fingerprint density at radius 1 is 1.18 bits per heavy atom. The summed E-state index contributed by atoms with van der Waals surface area (Å²) < 4.78 is 1.52. The largest absolute Gasteiger partial charge is 0.351 e. The second kappa shape index (κ2) is 9.88. The molecule has 7 nitrogen and oxygen atoms in total. The highest BCUT2D eigenvalue weighted by Crippen LogP contribution is 2.20. The SMILES string of the molecule is C#CCn1cc(C(=O)NC(C(=O)NC2CCCC2)c2ccccc2)c(=O)c2ccc(Cl)nc21. The number of carbonyl (C=O) groups excluding carboxylic acids is 2. The number of hydrogen-bond acceptors (Lipinski definition) is 4. The van der Waals surface area contributed by atoms with E-state index < -0.39 is 17.4 Å². The lowest BCUT2D eigenvalue weighted by Gasteiger charge is -2.21. The molecule has 1 aliphatic rings. The van der Waals surface area contributed by atoms with Crippen LogP contribution in [0.5, 0.6) is 0 Å². The van der Waals surface area contributed by atoms with E-state index in [2.05, 4.69) is 21.5 Å². The molecule has 1 saturated carbocycles. The number of aromatic nitrogens is 2. The first-order valence-electron chi connectivity index (χ1n) is 10.8. The summed E-state index contributed by atoms with van der Waals surface area (Å²) in [7, 11) is 0. The molecule has 2 N–H and O–H groups in total. The van der Waals surface area contributed by atoms with Crippen LogP contribution in [0.1, 0.15) is 47.6 Å². The molecule has 33 heavy (non-hydrogen) atoms. The number of terminal acetylenes is 1. The lowest BCUT2D eigenvalue weighted by atomic mass is 10.0. The first kappa shape index (κ1) is 22.6. The molecule has 4 rings (SSSR count). The molecule has 0 spiro atoms. The van der Waals surface area contributed by atoms with Crippen LogP contribution in [0.4, 0.5) is 0 Å². The van der Waals surface area contributed by atoms with Gasteiger partial charge in [0.25, 0.3) is 5.91 Å². The van der Waals surface area contributed by atoms with Crippen molar-refractivity contribution < 1.29 is 9.59 Å². The number of pyridine rings is 2. The van der Waals surface area contributed by atoms with Gasteiger partial charge in [-0.1, -0.05) is 60.7 Å². The molecule has 168 valence electrons. The number of amides is 2. The van der Waals surface area contributed by atoms with Gasteiger partial charge in [0, 0.05) is 12.2 Å². The van der Waals surface area contributed by atoms with Crippen molar-refractivity contribution in [2.75, 3.05) is 0 Å². The van der Waals surface area contributed by atoms with E-state index in [0.717, 1.165) is 25.7 Å². The van der Waals surface area contributed by atoms with Gasteiger partial charge in [0.1, 0.15) is 22.4 Å².